The highest BCUT2D eigenvalue weighted by Gasteiger charge is 2.19. The van der Waals surface area contributed by atoms with Crippen LogP contribution >= 0.6 is 11.3 Å². The number of aromatic nitrogens is 3. The molecule has 6 nitrogen and oxygen atoms in total. The molecule has 0 saturated carbocycles. The van der Waals surface area contributed by atoms with E-state index in [1.807, 2.05) is 56.3 Å². The number of nitrogens with zero attached hydrogens (tertiary/aromatic N) is 3. The van der Waals surface area contributed by atoms with Crippen molar-refractivity contribution in [2.24, 2.45) is 0 Å². The summed E-state index contributed by atoms with van der Waals surface area (Å²) in [6.07, 6.45) is 1.77. The van der Waals surface area contributed by atoms with Gasteiger partial charge in [0.1, 0.15) is 9.71 Å². The van der Waals surface area contributed by atoms with Crippen LogP contribution in [0.15, 0.2) is 48.7 Å². The molecule has 3 aromatic heterocycles. The zero-order valence-corrected chi connectivity index (χ0v) is 16.4. The summed E-state index contributed by atoms with van der Waals surface area (Å²) >= 11 is 1.27. The van der Waals surface area contributed by atoms with E-state index in [1.54, 1.807) is 6.20 Å². The van der Waals surface area contributed by atoms with Crippen molar-refractivity contribution in [3.63, 3.8) is 0 Å². The smallest absolute Gasteiger partial charge is 0.263 e. The summed E-state index contributed by atoms with van der Waals surface area (Å²) in [7, 11) is 0. The average Bonchev–Trinajstić information content (AvgIpc) is 3.07. The molecule has 0 radical (unpaired) electrons. The van der Waals surface area contributed by atoms with Gasteiger partial charge in [0, 0.05) is 23.7 Å². The second-order valence-corrected chi connectivity index (χ2v) is 7.53. The van der Waals surface area contributed by atoms with E-state index in [-0.39, 0.29) is 5.91 Å². The number of thiophene rings is 1. The van der Waals surface area contributed by atoms with Crippen LogP contribution in [0, 0.1) is 13.8 Å². The van der Waals surface area contributed by atoms with Gasteiger partial charge < -0.3 is 11.1 Å². The van der Waals surface area contributed by atoms with Gasteiger partial charge in [0.2, 0.25) is 0 Å². The van der Waals surface area contributed by atoms with Crippen LogP contribution in [0.4, 0.5) is 5.69 Å². The molecule has 0 aliphatic carbocycles. The van der Waals surface area contributed by atoms with Crippen molar-refractivity contribution in [1.82, 2.24) is 20.5 Å². The van der Waals surface area contributed by atoms with Gasteiger partial charge in [-0.3, -0.25) is 9.78 Å². The van der Waals surface area contributed by atoms with Crippen LogP contribution in [-0.2, 0) is 6.54 Å². The first kappa shape index (κ1) is 18.1. The van der Waals surface area contributed by atoms with E-state index in [4.69, 9.17) is 5.73 Å². The number of carbonyl (C=O) groups is 1. The first-order chi connectivity index (χ1) is 13.5. The first-order valence-electron chi connectivity index (χ1n) is 8.85. The molecule has 0 bridgehead atoms. The number of nitrogens with two attached hydrogens (primary N) is 1. The number of nitrogen functional groups attached to an aromatic ring is 1. The van der Waals surface area contributed by atoms with Gasteiger partial charge in [-0.1, -0.05) is 30.3 Å². The Bertz CT molecular complexity index is 1150. The van der Waals surface area contributed by atoms with E-state index < -0.39 is 0 Å². The number of rotatable bonds is 4. The van der Waals surface area contributed by atoms with Crippen molar-refractivity contribution in [1.29, 1.82) is 0 Å². The molecule has 0 aliphatic rings. The van der Waals surface area contributed by atoms with E-state index in [1.165, 1.54) is 11.3 Å². The van der Waals surface area contributed by atoms with Gasteiger partial charge in [0.05, 0.1) is 17.1 Å². The van der Waals surface area contributed by atoms with E-state index in [0.717, 1.165) is 33.5 Å². The topological polar surface area (TPSA) is 93.8 Å². The van der Waals surface area contributed by atoms with E-state index in [0.29, 0.717) is 21.9 Å². The van der Waals surface area contributed by atoms with Crippen molar-refractivity contribution in [2.75, 3.05) is 5.73 Å². The summed E-state index contributed by atoms with van der Waals surface area (Å²) in [4.78, 5) is 18.2. The lowest BCUT2D eigenvalue weighted by Crippen LogP contribution is -2.22. The highest BCUT2D eigenvalue weighted by atomic mass is 32.1. The summed E-state index contributed by atoms with van der Waals surface area (Å²) in [5.74, 6) is -0.202. The minimum Gasteiger partial charge on any atom is -0.397 e. The van der Waals surface area contributed by atoms with Crippen LogP contribution in [0.25, 0.3) is 21.5 Å². The number of aryl methyl sites for hydroxylation is 2. The van der Waals surface area contributed by atoms with Crippen LogP contribution in [0.3, 0.4) is 0 Å². The number of anilines is 1. The Morgan fingerprint density at radius 3 is 2.61 bits per heavy atom. The Hall–Kier alpha value is -3.32. The predicted molar refractivity (Wildman–Crippen MR) is 112 cm³/mol. The maximum atomic E-state index is 12.7. The summed E-state index contributed by atoms with van der Waals surface area (Å²) in [5, 5.41) is 12.0. The van der Waals surface area contributed by atoms with Crippen molar-refractivity contribution < 1.29 is 4.79 Å². The van der Waals surface area contributed by atoms with Gasteiger partial charge in [-0.25, -0.2) is 0 Å². The van der Waals surface area contributed by atoms with E-state index in [2.05, 4.69) is 20.5 Å². The molecule has 0 spiro atoms. The standard InChI is InChI=1S/C21H19N5OS/c1-12-13(2)25-26-21-17(12)18(22)19(28-21)20(27)24-11-14-6-8-15(9-7-14)16-5-3-4-10-23-16/h3-10H,11,22H2,1-2H3,(H,24,27). The Kier molecular flexibility index (Phi) is 4.75. The van der Waals surface area contributed by atoms with Crippen LogP contribution < -0.4 is 11.1 Å². The lowest BCUT2D eigenvalue weighted by Gasteiger charge is -2.06. The number of fused-ring (bicyclic) bond motifs is 1. The molecular formula is C21H19N5OS. The molecule has 1 amide bonds. The van der Waals surface area contributed by atoms with Gasteiger partial charge in [0.15, 0.2) is 0 Å². The average molecular weight is 389 g/mol. The summed E-state index contributed by atoms with van der Waals surface area (Å²) < 4.78 is 0. The number of amides is 1. The van der Waals surface area contributed by atoms with E-state index >= 15 is 0 Å². The highest BCUT2D eigenvalue weighted by molar-refractivity contribution is 7.21. The Morgan fingerprint density at radius 2 is 1.89 bits per heavy atom. The molecule has 0 saturated heterocycles. The number of carbonyl (C=O) groups excluding carboxylic acids is 1. The fraction of sp³-hybridized carbons (Fsp3) is 0.143. The van der Waals surface area contributed by atoms with Crippen molar-refractivity contribution in [2.45, 2.75) is 20.4 Å². The molecule has 7 heteroatoms. The number of hydrogen-bond donors (Lipinski definition) is 2. The quantitative estimate of drug-likeness (QED) is 0.552. The number of nitrogens with one attached hydrogen (secondary N) is 1. The lowest BCUT2D eigenvalue weighted by molar-refractivity contribution is 0.0956. The van der Waals surface area contributed by atoms with Crippen LogP contribution in [0.5, 0.6) is 0 Å². The van der Waals surface area contributed by atoms with Gasteiger partial charge in [-0.15, -0.1) is 16.4 Å². The zero-order chi connectivity index (χ0) is 19.7. The Labute approximate surface area is 166 Å². The van der Waals surface area contributed by atoms with Crippen LogP contribution in [-0.4, -0.2) is 21.1 Å². The van der Waals surface area contributed by atoms with E-state index in [9.17, 15) is 4.79 Å². The molecule has 3 heterocycles. The predicted octanol–water partition coefficient (Wildman–Crippen LogP) is 3.88. The third-order valence-electron chi connectivity index (χ3n) is 4.71. The molecular weight excluding hydrogens is 370 g/mol. The number of pyridine rings is 1. The first-order valence-corrected chi connectivity index (χ1v) is 9.66. The third kappa shape index (κ3) is 3.32. The Morgan fingerprint density at radius 1 is 1.11 bits per heavy atom. The molecule has 1 aromatic carbocycles. The van der Waals surface area contributed by atoms with Crippen LogP contribution in [0.2, 0.25) is 0 Å². The minimum absolute atomic E-state index is 0.202. The molecule has 4 aromatic rings. The Balaban J connectivity index is 1.50. The molecule has 0 atom stereocenters. The maximum absolute atomic E-state index is 12.7. The van der Waals surface area contributed by atoms with Gasteiger partial charge in [-0.05, 0) is 37.1 Å². The van der Waals surface area contributed by atoms with Crippen LogP contribution in [0.1, 0.15) is 26.5 Å². The van der Waals surface area contributed by atoms with Gasteiger partial charge in [0.25, 0.3) is 5.91 Å². The molecule has 28 heavy (non-hydrogen) atoms. The maximum Gasteiger partial charge on any atom is 0.263 e. The number of hydrogen-bond acceptors (Lipinski definition) is 6. The monoisotopic (exact) mass is 389 g/mol. The molecule has 4 rings (SSSR count). The van der Waals surface area contributed by atoms with Gasteiger partial charge >= 0.3 is 0 Å². The fourth-order valence-electron chi connectivity index (χ4n) is 3.00. The van der Waals surface area contributed by atoms with Crippen molar-refractivity contribution in [3.05, 3.63) is 70.4 Å². The largest absolute Gasteiger partial charge is 0.397 e. The molecule has 0 fully saturated rings. The number of benzene rings is 1. The normalized spacial score (nSPS) is 10.9. The van der Waals surface area contributed by atoms with Gasteiger partial charge in [-0.2, -0.15) is 5.10 Å². The molecule has 0 unspecified atom stereocenters. The second kappa shape index (κ2) is 7.36. The third-order valence-corrected chi connectivity index (χ3v) is 5.80. The molecule has 140 valence electrons. The molecule has 3 N–H and O–H groups in total. The van der Waals surface area contributed by atoms with Crippen molar-refractivity contribution >= 4 is 33.1 Å². The zero-order valence-electron chi connectivity index (χ0n) is 15.6. The molecule has 0 aliphatic heterocycles. The second-order valence-electron chi connectivity index (χ2n) is 6.53. The summed E-state index contributed by atoms with van der Waals surface area (Å²) in [6, 6.07) is 13.8. The minimum atomic E-state index is -0.202. The fourth-order valence-corrected chi connectivity index (χ4v) is 4.02. The van der Waals surface area contributed by atoms with Crippen molar-refractivity contribution in [3.8, 4) is 11.3 Å². The SMILES string of the molecule is Cc1nnc2sc(C(=O)NCc3ccc(-c4ccccn4)cc3)c(N)c2c1C. The summed E-state index contributed by atoms with van der Waals surface area (Å²) in [5.41, 5.74) is 11.4. The highest BCUT2D eigenvalue weighted by Crippen LogP contribution is 2.34. The summed E-state index contributed by atoms with van der Waals surface area (Å²) in [6.45, 7) is 4.24. The lowest BCUT2D eigenvalue weighted by atomic mass is 10.1.